The van der Waals surface area contributed by atoms with E-state index in [1.807, 2.05) is 0 Å². The fraction of sp³-hybridized carbons (Fsp3) is 0.750. The van der Waals surface area contributed by atoms with Crippen molar-refractivity contribution < 1.29 is 8.42 Å². The number of sulfonamides is 1. The summed E-state index contributed by atoms with van der Waals surface area (Å²) < 4.78 is 26.7. The van der Waals surface area contributed by atoms with Gasteiger partial charge in [0.25, 0.3) is 10.0 Å². The van der Waals surface area contributed by atoms with Gasteiger partial charge in [-0.05, 0) is 25.8 Å². The van der Waals surface area contributed by atoms with E-state index in [9.17, 15) is 8.42 Å². The van der Waals surface area contributed by atoms with Crippen LogP contribution in [0.1, 0.15) is 31.7 Å². The number of H-pyrrole nitrogens is 1. The topological polar surface area (TPSA) is 78.1 Å². The minimum absolute atomic E-state index is 0.235. The highest BCUT2D eigenvalue weighted by Crippen LogP contribution is 2.27. The van der Waals surface area contributed by atoms with Crippen LogP contribution in [0.25, 0.3) is 0 Å². The summed E-state index contributed by atoms with van der Waals surface area (Å²) >= 11 is 0. The maximum Gasteiger partial charge on any atom is 0.260 e. The van der Waals surface area contributed by atoms with Crippen molar-refractivity contribution in [2.24, 2.45) is 5.92 Å². The van der Waals surface area contributed by atoms with E-state index >= 15 is 0 Å². The van der Waals surface area contributed by atoms with E-state index in [-0.39, 0.29) is 5.03 Å². The summed E-state index contributed by atoms with van der Waals surface area (Å²) in [6.07, 6.45) is 4.73. The van der Waals surface area contributed by atoms with Gasteiger partial charge in [0.2, 0.25) is 0 Å². The summed E-state index contributed by atoms with van der Waals surface area (Å²) in [5, 5.41) is 9.69. The van der Waals surface area contributed by atoms with Crippen molar-refractivity contribution in [3.05, 3.63) is 11.8 Å². The van der Waals surface area contributed by atoms with E-state index < -0.39 is 10.0 Å². The minimum Gasteiger partial charge on any atom is -0.316 e. The van der Waals surface area contributed by atoms with Crippen LogP contribution in [0.4, 0.5) is 0 Å². The van der Waals surface area contributed by atoms with Crippen LogP contribution < -0.4 is 5.32 Å². The predicted molar refractivity (Wildman–Crippen MR) is 73.1 cm³/mol. The smallest absolute Gasteiger partial charge is 0.260 e. The van der Waals surface area contributed by atoms with E-state index in [1.165, 1.54) is 0 Å². The Morgan fingerprint density at radius 1 is 1.58 bits per heavy atom. The van der Waals surface area contributed by atoms with Gasteiger partial charge < -0.3 is 5.32 Å². The number of rotatable bonds is 6. The Kier molecular flexibility index (Phi) is 4.59. The first-order valence-electron chi connectivity index (χ1n) is 6.76. The zero-order valence-corrected chi connectivity index (χ0v) is 12.3. The molecule has 0 aliphatic carbocycles. The quantitative estimate of drug-likeness (QED) is 0.816. The van der Waals surface area contributed by atoms with Crippen molar-refractivity contribution in [1.82, 2.24) is 19.8 Å². The third kappa shape index (κ3) is 2.98. The number of aromatic amines is 1. The van der Waals surface area contributed by atoms with Gasteiger partial charge >= 0.3 is 0 Å². The molecule has 1 aromatic heterocycles. The molecule has 0 radical (unpaired) electrons. The molecule has 1 saturated heterocycles. The third-order valence-electron chi connectivity index (χ3n) is 3.59. The standard InChI is InChI=1S/C12H22N4O2S/c1-3-4-10-5-6-16(9-10)19(17,18)12-11(7-13-2)8-14-15-12/h8,10,13H,3-7,9H2,1-2H3,(H,14,15). The van der Waals surface area contributed by atoms with Gasteiger partial charge in [0.1, 0.15) is 0 Å². The molecule has 19 heavy (non-hydrogen) atoms. The number of hydrogen-bond acceptors (Lipinski definition) is 4. The van der Waals surface area contributed by atoms with E-state index in [2.05, 4.69) is 22.4 Å². The van der Waals surface area contributed by atoms with Crippen molar-refractivity contribution in [2.45, 2.75) is 37.8 Å². The van der Waals surface area contributed by atoms with Gasteiger partial charge in [0.05, 0.1) is 6.20 Å². The van der Waals surface area contributed by atoms with E-state index in [0.29, 0.717) is 31.1 Å². The maximum absolute atomic E-state index is 12.6. The average molecular weight is 286 g/mol. The van der Waals surface area contributed by atoms with Gasteiger partial charge in [-0.2, -0.15) is 9.40 Å². The van der Waals surface area contributed by atoms with Gasteiger partial charge in [-0.1, -0.05) is 13.3 Å². The second-order valence-electron chi connectivity index (χ2n) is 5.06. The first kappa shape index (κ1) is 14.5. The number of aromatic nitrogens is 2. The second kappa shape index (κ2) is 6.02. The molecule has 108 valence electrons. The molecule has 1 aliphatic heterocycles. The molecule has 2 heterocycles. The molecule has 7 heteroatoms. The van der Waals surface area contributed by atoms with Crippen LogP contribution in [0.15, 0.2) is 11.2 Å². The van der Waals surface area contributed by atoms with E-state index in [1.54, 1.807) is 17.5 Å². The highest BCUT2D eigenvalue weighted by atomic mass is 32.2. The molecule has 2 N–H and O–H groups in total. The normalized spacial score (nSPS) is 21.1. The summed E-state index contributed by atoms with van der Waals surface area (Å²) in [6, 6.07) is 0. The molecule has 1 atom stereocenters. The molecular weight excluding hydrogens is 264 g/mol. The number of hydrogen-bond donors (Lipinski definition) is 2. The Balaban J connectivity index is 2.16. The van der Waals surface area contributed by atoms with Crippen LogP contribution >= 0.6 is 0 Å². The molecule has 2 rings (SSSR count). The molecule has 0 aromatic carbocycles. The lowest BCUT2D eigenvalue weighted by atomic mass is 10.0. The average Bonchev–Trinajstić information content (AvgIpc) is 2.99. The van der Waals surface area contributed by atoms with Crippen molar-refractivity contribution in [2.75, 3.05) is 20.1 Å². The summed E-state index contributed by atoms with van der Waals surface area (Å²) in [5.74, 6) is 0.496. The second-order valence-corrected chi connectivity index (χ2v) is 6.94. The molecule has 0 amide bonds. The summed E-state index contributed by atoms with van der Waals surface area (Å²) in [6.45, 7) is 3.88. The van der Waals surface area contributed by atoms with Crippen LogP contribution in [0, 0.1) is 5.92 Å². The third-order valence-corrected chi connectivity index (χ3v) is 5.47. The van der Waals surface area contributed by atoms with Crippen molar-refractivity contribution >= 4 is 10.0 Å². The predicted octanol–water partition coefficient (Wildman–Crippen LogP) is 0.940. The molecule has 0 spiro atoms. The lowest BCUT2D eigenvalue weighted by Gasteiger charge is -2.16. The maximum atomic E-state index is 12.6. The summed E-state index contributed by atoms with van der Waals surface area (Å²) in [7, 11) is -1.64. The molecule has 1 aromatic rings. The SMILES string of the molecule is CCCC1CCN(S(=O)(=O)c2[nH]ncc2CNC)C1. The Bertz CT molecular complexity index is 512. The monoisotopic (exact) mass is 286 g/mol. The molecule has 0 bridgehead atoms. The summed E-state index contributed by atoms with van der Waals surface area (Å²) in [4.78, 5) is 0. The van der Waals surface area contributed by atoms with Gasteiger partial charge in [-0.15, -0.1) is 0 Å². The Labute approximate surface area is 114 Å². The zero-order chi connectivity index (χ0) is 13.9. The minimum atomic E-state index is -3.42. The summed E-state index contributed by atoms with van der Waals surface area (Å²) in [5.41, 5.74) is 0.696. The van der Waals surface area contributed by atoms with Crippen LogP contribution in [0.5, 0.6) is 0 Å². The molecule has 1 fully saturated rings. The molecule has 6 nitrogen and oxygen atoms in total. The van der Waals surface area contributed by atoms with Gasteiger partial charge in [-0.25, -0.2) is 8.42 Å². The van der Waals surface area contributed by atoms with E-state index in [0.717, 1.165) is 19.3 Å². The van der Waals surface area contributed by atoms with E-state index in [4.69, 9.17) is 0 Å². The van der Waals surface area contributed by atoms with Crippen LogP contribution in [-0.4, -0.2) is 43.1 Å². The van der Waals surface area contributed by atoms with Crippen molar-refractivity contribution in [3.8, 4) is 0 Å². The van der Waals surface area contributed by atoms with Crippen LogP contribution in [-0.2, 0) is 16.6 Å². The van der Waals surface area contributed by atoms with Gasteiger partial charge in [-0.3, -0.25) is 5.10 Å². The lowest BCUT2D eigenvalue weighted by Crippen LogP contribution is -2.30. The van der Waals surface area contributed by atoms with Gasteiger partial charge in [0, 0.05) is 25.2 Å². The molecule has 1 unspecified atom stereocenters. The van der Waals surface area contributed by atoms with Crippen molar-refractivity contribution in [1.29, 1.82) is 0 Å². The zero-order valence-electron chi connectivity index (χ0n) is 11.5. The Morgan fingerprint density at radius 2 is 2.37 bits per heavy atom. The fourth-order valence-electron chi connectivity index (χ4n) is 2.63. The first-order chi connectivity index (χ1) is 9.09. The Hall–Kier alpha value is -0.920. The Morgan fingerprint density at radius 3 is 3.05 bits per heavy atom. The highest BCUT2D eigenvalue weighted by molar-refractivity contribution is 7.89. The number of nitrogens with zero attached hydrogens (tertiary/aromatic N) is 2. The lowest BCUT2D eigenvalue weighted by molar-refractivity contribution is 0.442. The van der Waals surface area contributed by atoms with Crippen LogP contribution in [0.2, 0.25) is 0 Å². The molecule has 0 saturated carbocycles. The highest BCUT2D eigenvalue weighted by Gasteiger charge is 2.34. The fourth-order valence-corrected chi connectivity index (χ4v) is 4.26. The molecule has 1 aliphatic rings. The number of nitrogens with one attached hydrogen (secondary N) is 2. The van der Waals surface area contributed by atoms with Gasteiger partial charge in [0.15, 0.2) is 5.03 Å². The largest absolute Gasteiger partial charge is 0.316 e. The molecular formula is C12H22N4O2S. The van der Waals surface area contributed by atoms with Crippen molar-refractivity contribution in [3.63, 3.8) is 0 Å². The first-order valence-corrected chi connectivity index (χ1v) is 8.20. The van der Waals surface area contributed by atoms with Crippen LogP contribution in [0.3, 0.4) is 0 Å².